The zero-order chi connectivity index (χ0) is 20.6. The van der Waals surface area contributed by atoms with E-state index in [9.17, 15) is 0 Å². The van der Waals surface area contributed by atoms with Gasteiger partial charge in [-0.25, -0.2) is 0 Å². The summed E-state index contributed by atoms with van der Waals surface area (Å²) in [6.45, 7) is 6.75. The molecule has 0 radical (unpaired) electrons. The largest absolute Gasteiger partial charge is 0.497 e. The molecule has 0 spiro atoms. The Balaban J connectivity index is 0.00000320. The van der Waals surface area contributed by atoms with E-state index in [1.165, 1.54) is 5.56 Å². The molecule has 1 saturated heterocycles. The van der Waals surface area contributed by atoms with Crippen LogP contribution in [0.25, 0.3) is 0 Å². The summed E-state index contributed by atoms with van der Waals surface area (Å²) in [4.78, 5) is 8.99. The third-order valence-corrected chi connectivity index (χ3v) is 5.18. The van der Waals surface area contributed by atoms with Gasteiger partial charge in [-0.2, -0.15) is 0 Å². The number of ether oxygens (including phenoxy) is 2. The number of morpholine rings is 1. The number of halogens is 1. The Bertz CT molecular complexity index is 788. The van der Waals surface area contributed by atoms with E-state index < -0.39 is 0 Å². The van der Waals surface area contributed by atoms with Gasteiger partial charge in [-0.3, -0.25) is 9.89 Å². The highest BCUT2D eigenvalue weighted by Crippen LogP contribution is 2.23. The van der Waals surface area contributed by atoms with E-state index in [2.05, 4.69) is 38.3 Å². The minimum atomic E-state index is 0. The fourth-order valence-electron chi connectivity index (χ4n) is 3.58. The van der Waals surface area contributed by atoms with E-state index in [1.54, 1.807) is 7.11 Å². The SMILES string of the molecule is CN=C(NCC(c1ccc(C)o1)N1CCOCC1)N(C)Cc1ccc(OC)cc1.I. The smallest absolute Gasteiger partial charge is 0.193 e. The molecule has 2 aromatic rings. The number of nitrogens with one attached hydrogen (secondary N) is 1. The normalized spacial score (nSPS) is 15.9. The lowest BCUT2D eigenvalue weighted by Gasteiger charge is -2.34. The van der Waals surface area contributed by atoms with Crippen LogP contribution in [0.4, 0.5) is 0 Å². The highest BCUT2D eigenvalue weighted by atomic mass is 127. The van der Waals surface area contributed by atoms with Crippen molar-refractivity contribution in [3.8, 4) is 5.75 Å². The Kier molecular flexibility index (Phi) is 9.93. The summed E-state index contributed by atoms with van der Waals surface area (Å²) in [6.07, 6.45) is 0. The van der Waals surface area contributed by atoms with Crippen molar-refractivity contribution in [3.05, 3.63) is 53.5 Å². The van der Waals surface area contributed by atoms with Crippen LogP contribution in [-0.4, -0.2) is 69.8 Å². The first-order chi connectivity index (χ1) is 14.1. The van der Waals surface area contributed by atoms with E-state index in [0.717, 1.165) is 56.1 Å². The molecule has 1 aromatic heterocycles. The van der Waals surface area contributed by atoms with Gasteiger partial charge in [0.1, 0.15) is 17.3 Å². The number of methoxy groups -OCH3 is 1. The van der Waals surface area contributed by atoms with Crippen molar-refractivity contribution in [2.75, 3.05) is 54.1 Å². The van der Waals surface area contributed by atoms with Crippen molar-refractivity contribution in [2.24, 2.45) is 4.99 Å². The number of aliphatic imine (C=N–C) groups is 1. The minimum Gasteiger partial charge on any atom is -0.497 e. The van der Waals surface area contributed by atoms with Gasteiger partial charge < -0.3 is 24.1 Å². The van der Waals surface area contributed by atoms with Crippen LogP contribution < -0.4 is 10.1 Å². The van der Waals surface area contributed by atoms with E-state index in [-0.39, 0.29) is 30.0 Å². The van der Waals surface area contributed by atoms with E-state index in [4.69, 9.17) is 13.9 Å². The monoisotopic (exact) mass is 528 g/mol. The molecule has 0 aliphatic carbocycles. The number of rotatable bonds is 7. The van der Waals surface area contributed by atoms with Gasteiger partial charge in [0.15, 0.2) is 5.96 Å². The van der Waals surface area contributed by atoms with Gasteiger partial charge in [0.25, 0.3) is 0 Å². The van der Waals surface area contributed by atoms with Gasteiger partial charge in [-0.1, -0.05) is 12.1 Å². The topological polar surface area (TPSA) is 62.5 Å². The van der Waals surface area contributed by atoms with Crippen LogP contribution in [0.1, 0.15) is 23.1 Å². The number of furan rings is 1. The highest BCUT2D eigenvalue weighted by Gasteiger charge is 2.25. The predicted molar refractivity (Wildman–Crippen MR) is 130 cm³/mol. The molecule has 1 atom stereocenters. The summed E-state index contributed by atoms with van der Waals surface area (Å²) < 4.78 is 16.7. The number of hydrogen-bond acceptors (Lipinski definition) is 5. The lowest BCUT2D eigenvalue weighted by Crippen LogP contribution is -2.46. The summed E-state index contributed by atoms with van der Waals surface area (Å²) in [7, 11) is 5.53. The van der Waals surface area contributed by atoms with Crippen LogP contribution in [0.5, 0.6) is 5.75 Å². The van der Waals surface area contributed by atoms with E-state index >= 15 is 0 Å². The average molecular weight is 528 g/mol. The third kappa shape index (κ3) is 6.61. The molecule has 3 rings (SSSR count). The van der Waals surface area contributed by atoms with Crippen molar-refractivity contribution in [2.45, 2.75) is 19.5 Å². The maximum Gasteiger partial charge on any atom is 0.193 e. The Hall–Kier alpha value is -1.78. The number of benzene rings is 1. The molecular formula is C22H33IN4O3. The Morgan fingerprint density at radius 1 is 1.20 bits per heavy atom. The molecule has 30 heavy (non-hydrogen) atoms. The first kappa shape index (κ1) is 24.5. The highest BCUT2D eigenvalue weighted by molar-refractivity contribution is 14.0. The second-order valence-electron chi connectivity index (χ2n) is 7.24. The van der Waals surface area contributed by atoms with Crippen molar-refractivity contribution < 1.29 is 13.9 Å². The summed E-state index contributed by atoms with van der Waals surface area (Å²) in [5.74, 6) is 3.62. The maximum atomic E-state index is 5.95. The first-order valence-electron chi connectivity index (χ1n) is 10.0. The summed E-state index contributed by atoms with van der Waals surface area (Å²) in [6, 6.07) is 12.3. The van der Waals surface area contributed by atoms with Crippen LogP contribution in [0, 0.1) is 6.92 Å². The zero-order valence-electron chi connectivity index (χ0n) is 18.3. The summed E-state index contributed by atoms with van der Waals surface area (Å²) in [5, 5.41) is 3.53. The molecule has 0 saturated carbocycles. The van der Waals surface area contributed by atoms with Gasteiger partial charge in [0, 0.05) is 40.3 Å². The molecule has 7 nitrogen and oxygen atoms in total. The molecule has 8 heteroatoms. The number of aryl methyl sites for hydroxylation is 1. The lowest BCUT2D eigenvalue weighted by atomic mass is 10.1. The van der Waals surface area contributed by atoms with Crippen LogP contribution in [0.15, 0.2) is 45.8 Å². The zero-order valence-corrected chi connectivity index (χ0v) is 20.6. The van der Waals surface area contributed by atoms with E-state index in [0.29, 0.717) is 6.54 Å². The lowest BCUT2D eigenvalue weighted by molar-refractivity contribution is 0.0123. The van der Waals surface area contributed by atoms with Gasteiger partial charge in [0.05, 0.1) is 26.4 Å². The molecule has 0 amide bonds. The van der Waals surface area contributed by atoms with Crippen LogP contribution in [0.3, 0.4) is 0 Å². The van der Waals surface area contributed by atoms with Crippen molar-refractivity contribution in [1.82, 2.24) is 15.1 Å². The quantitative estimate of drug-likeness (QED) is 0.338. The fraction of sp³-hybridized carbons (Fsp3) is 0.500. The minimum absolute atomic E-state index is 0. The molecular weight excluding hydrogens is 495 g/mol. The van der Waals surface area contributed by atoms with Gasteiger partial charge >= 0.3 is 0 Å². The van der Waals surface area contributed by atoms with Gasteiger partial charge in [0.2, 0.25) is 0 Å². The van der Waals surface area contributed by atoms with Crippen molar-refractivity contribution in [1.29, 1.82) is 0 Å². The summed E-state index contributed by atoms with van der Waals surface area (Å²) in [5.41, 5.74) is 1.20. The molecule has 1 aliphatic rings. The Morgan fingerprint density at radius 3 is 2.47 bits per heavy atom. The maximum absolute atomic E-state index is 5.95. The third-order valence-electron chi connectivity index (χ3n) is 5.18. The number of hydrogen-bond donors (Lipinski definition) is 1. The van der Waals surface area contributed by atoms with Crippen LogP contribution in [-0.2, 0) is 11.3 Å². The summed E-state index contributed by atoms with van der Waals surface area (Å²) >= 11 is 0. The van der Waals surface area contributed by atoms with E-state index in [1.807, 2.05) is 39.2 Å². The van der Waals surface area contributed by atoms with Crippen LogP contribution >= 0.6 is 24.0 Å². The van der Waals surface area contributed by atoms with Gasteiger partial charge in [-0.05, 0) is 36.8 Å². The Labute approximate surface area is 196 Å². The molecule has 1 aromatic carbocycles. The standard InChI is InChI=1S/C22H32N4O3.HI/c1-17-5-10-21(29-17)20(26-11-13-28-14-12-26)15-24-22(23-2)25(3)16-18-6-8-19(27-4)9-7-18;/h5-10,20H,11-16H2,1-4H3,(H,23,24);1H. The second kappa shape index (κ2) is 12.2. The Morgan fingerprint density at radius 2 is 1.90 bits per heavy atom. The fourth-order valence-corrected chi connectivity index (χ4v) is 3.58. The molecule has 2 heterocycles. The molecule has 1 N–H and O–H groups in total. The average Bonchev–Trinajstić information content (AvgIpc) is 3.18. The van der Waals surface area contributed by atoms with Crippen LogP contribution in [0.2, 0.25) is 0 Å². The molecule has 1 aliphatic heterocycles. The number of nitrogens with zero attached hydrogens (tertiary/aromatic N) is 3. The molecule has 1 fully saturated rings. The molecule has 0 bridgehead atoms. The van der Waals surface area contributed by atoms with Crippen molar-refractivity contribution in [3.63, 3.8) is 0 Å². The number of guanidine groups is 1. The first-order valence-corrected chi connectivity index (χ1v) is 10.0. The second-order valence-corrected chi connectivity index (χ2v) is 7.24. The van der Waals surface area contributed by atoms with Crippen molar-refractivity contribution >= 4 is 29.9 Å². The molecule has 166 valence electrons. The predicted octanol–water partition coefficient (Wildman–Crippen LogP) is 3.30. The van der Waals surface area contributed by atoms with Gasteiger partial charge in [-0.15, -0.1) is 24.0 Å². The molecule has 1 unspecified atom stereocenters.